The molecule has 1 fully saturated rings. The van der Waals surface area contributed by atoms with Crippen molar-refractivity contribution in [3.05, 3.63) is 131 Å². The van der Waals surface area contributed by atoms with E-state index in [2.05, 4.69) is 16.7 Å². The monoisotopic (exact) mass is 584 g/mol. The number of para-hydroxylation sites is 1. The van der Waals surface area contributed by atoms with Gasteiger partial charge in [0.25, 0.3) is 0 Å². The van der Waals surface area contributed by atoms with Crippen molar-refractivity contribution in [2.75, 3.05) is 12.9 Å². The van der Waals surface area contributed by atoms with Crippen LogP contribution < -0.4 is 15.4 Å². The number of urea groups is 1. The molecule has 3 N–H and O–H groups in total. The number of benzene rings is 4. The third-order valence-corrected chi connectivity index (χ3v) is 8.30. The molecule has 0 radical (unpaired) electrons. The number of carbonyl (C=O) groups excluding carboxylic acids is 1. The van der Waals surface area contributed by atoms with Gasteiger partial charge in [0.05, 0.1) is 25.9 Å². The summed E-state index contributed by atoms with van der Waals surface area (Å²) in [7, 11) is 1.68. The number of thioether (sulfide) groups is 1. The summed E-state index contributed by atoms with van der Waals surface area (Å²) in [4.78, 5) is 13.3. The Morgan fingerprint density at radius 2 is 1.43 bits per heavy atom. The van der Waals surface area contributed by atoms with Gasteiger partial charge in [0.2, 0.25) is 0 Å². The number of hydrogen-bond donors (Lipinski definition) is 3. The van der Waals surface area contributed by atoms with E-state index in [1.807, 2.05) is 97.1 Å². The van der Waals surface area contributed by atoms with Crippen molar-refractivity contribution in [2.24, 2.45) is 0 Å². The fraction of sp³-hybridized carbons (Fsp3) is 0.265. The minimum absolute atomic E-state index is 0.00556. The Kier molecular flexibility index (Phi) is 10.5. The molecule has 1 aliphatic heterocycles. The van der Waals surface area contributed by atoms with Gasteiger partial charge in [-0.25, -0.2) is 4.79 Å². The Balaban J connectivity index is 1.23. The minimum Gasteiger partial charge on any atom is -0.496 e. The fourth-order valence-corrected chi connectivity index (χ4v) is 5.81. The van der Waals surface area contributed by atoms with Crippen LogP contribution in [0, 0.1) is 0 Å². The quantitative estimate of drug-likeness (QED) is 0.174. The van der Waals surface area contributed by atoms with Gasteiger partial charge < -0.3 is 30.0 Å². The predicted octanol–water partition coefficient (Wildman–Crippen LogP) is 6.52. The topological polar surface area (TPSA) is 89.0 Å². The van der Waals surface area contributed by atoms with E-state index in [0.29, 0.717) is 19.5 Å². The zero-order valence-electron chi connectivity index (χ0n) is 23.6. The Bertz CT molecular complexity index is 1420. The highest BCUT2D eigenvalue weighted by molar-refractivity contribution is 7.99. The van der Waals surface area contributed by atoms with Crippen molar-refractivity contribution in [3.63, 3.8) is 0 Å². The summed E-state index contributed by atoms with van der Waals surface area (Å²) in [6.45, 7) is 0.888. The summed E-state index contributed by atoms with van der Waals surface area (Å²) in [5.74, 6) is 1.59. The average Bonchev–Trinajstić information content (AvgIpc) is 3.06. The maximum absolute atomic E-state index is 12.3. The third-order valence-electron chi connectivity index (χ3n) is 7.11. The van der Waals surface area contributed by atoms with Crippen LogP contribution >= 0.6 is 11.8 Å². The molecule has 0 aliphatic carbocycles. The Morgan fingerprint density at radius 3 is 2.12 bits per heavy atom. The second-order valence-corrected chi connectivity index (χ2v) is 11.1. The van der Waals surface area contributed by atoms with Crippen LogP contribution in [0.4, 0.5) is 4.79 Å². The first-order valence-corrected chi connectivity index (χ1v) is 15.0. The molecule has 1 aliphatic rings. The van der Waals surface area contributed by atoms with Gasteiger partial charge in [-0.1, -0.05) is 91.0 Å². The van der Waals surface area contributed by atoms with E-state index in [-0.39, 0.29) is 24.8 Å². The molecule has 2 amide bonds. The number of aliphatic hydroxyl groups is 1. The standard InChI is InChI=1S/C34H36N2O5S/c1-39-30-9-5-6-10-32(30)42-23-29-19-31(27-15-13-26(22-37)14-16-27)41-33(40-29)28-17-11-25(12-18-28)21-36-34(38)35-20-24-7-3-2-4-8-24/h2-18,29,31,33,37H,19-23H2,1H3,(H2,35,36,38)/t29-,31+,33+/m1/s1. The van der Waals surface area contributed by atoms with Crippen LogP contribution in [0.2, 0.25) is 0 Å². The SMILES string of the molecule is COc1ccccc1SC[C@H]1C[C@@H](c2ccc(CO)cc2)O[C@@H](c2ccc(CNC(=O)NCc3ccccc3)cc2)O1. The highest BCUT2D eigenvalue weighted by Gasteiger charge is 2.32. The van der Waals surface area contributed by atoms with E-state index in [4.69, 9.17) is 14.2 Å². The van der Waals surface area contributed by atoms with Crippen molar-refractivity contribution < 1.29 is 24.1 Å². The second-order valence-electron chi connectivity index (χ2n) is 10.1. The van der Waals surface area contributed by atoms with Gasteiger partial charge in [0, 0.05) is 35.7 Å². The molecule has 218 valence electrons. The molecule has 4 aromatic carbocycles. The van der Waals surface area contributed by atoms with E-state index < -0.39 is 6.29 Å². The van der Waals surface area contributed by atoms with Crippen LogP contribution in [0.15, 0.2) is 108 Å². The first-order chi connectivity index (χ1) is 20.6. The van der Waals surface area contributed by atoms with Crippen molar-refractivity contribution in [1.29, 1.82) is 0 Å². The molecule has 0 spiro atoms. The number of hydrogen-bond acceptors (Lipinski definition) is 6. The number of amides is 2. The van der Waals surface area contributed by atoms with Crippen LogP contribution in [-0.4, -0.2) is 30.1 Å². The lowest BCUT2D eigenvalue weighted by molar-refractivity contribution is -0.245. The van der Waals surface area contributed by atoms with Crippen molar-refractivity contribution in [2.45, 2.75) is 49.5 Å². The van der Waals surface area contributed by atoms with Crippen molar-refractivity contribution >= 4 is 17.8 Å². The van der Waals surface area contributed by atoms with E-state index in [1.165, 1.54) is 0 Å². The summed E-state index contributed by atoms with van der Waals surface area (Å²) in [6, 6.07) is 33.4. The highest BCUT2D eigenvalue weighted by Crippen LogP contribution is 2.40. The van der Waals surface area contributed by atoms with Crippen LogP contribution in [0.5, 0.6) is 5.75 Å². The molecule has 3 atom stereocenters. The van der Waals surface area contributed by atoms with E-state index >= 15 is 0 Å². The van der Waals surface area contributed by atoms with Crippen LogP contribution in [0.25, 0.3) is 0 Å². The summed E-state index contributed by atoms with van der Waals surface area (Å²) in [6.07, 6.45) is -0.0528. The van der Waals surface area contributed by atoms with Gasteiger partial charge >= 0.3 is 6.03 Å². The summed E-state index contributed by atoms with van der Waals surface area (Å²) >= 11 is 1.71. The van der Waals surface area contributed by atoms with Gasteiger partial charge in [-0.15, -0.1) is 11.8 Å². The number of carbonyl (C=O) groups is 1. The molecule has 1 saturated heterocycles. The zero-order chi connectivity index (χ0) is 29.1. The minimum atomic E-state index is -0.541. The molecular weight excluding hydrogens is 548 g/mol. The normalized spacial score (nSPS) is 18.3. The second kappa shape index (κ2) is 14.9. The van der Waals surface area contributed by atoms with E-state index in [9.17, 15) is 9.90 Å². The average molecular weight is 585 g/mol. The Morgan fingerprint density at radius 1 is 0.810 bits per heavy atom. The van der Waals surface area contributed by atoms with Crippen molar-refractivity contribution in [1.82, 2.24) is 10.6 Å². The molecule has 5 rings (SSSR count). The highest BCUT2D eigenvalue weighted by atomic mass is 32.2. The number of ether oxygens (including phenoxy) is 3. The molecular formula is C34H36N2O5S. The largest absolute Gasteiger partial charge is 0.496 e. The number of methoxy groups -OCH3 is 1. The molecule has 8 heteroatoms. The summed E-state index contributed by atoms with van der Waals surface area (Å²) in [5, 5.41) is 15.3. The number of rotatable bonds is 11. The Hall–Kier alpha value is -3.82. The molecule has 7 nitrogen and oxygen atoms in total. The van der Waals surface area contributed by atoms with Crippen LogP contribution in [0.3, 0.4) is 0 Å². The maximum atomic E-state index is 12.3. The van der Waals surface area contributed by atoms with Gasteiger partial charge in [-0.05, 0) is 34.4 Å². The van der Waals surface area contributed by atoms with Crippen molar-refractivity contribution in [3.8, 4) is 5.75 Å². The molecule has 0 aromatic heterocycles. The number of aliphatic hydroxyl groups excluding tert-OH is 1. The molecule has 0 bridgehead atoms. The van der Waals surface area contributed by atoms with Crippen LogP contribution in [-0.2, 0) is 29.2 Å². The lowest BCUT2D eigenvalue weighted by atomic mass is 10.0. The summed E-state index contributed by atoms with van der Waals surface area (Å²) < 4.78 is 18.5. The zero-order valence-corrected chi connectivity index (χ0v) is 24.4. The van der Waals surface area contributed by atoms with Gasteiger partial charge in [0.15, 0.2) is 6.29 Å². The van der Waals surface area contributed by atoms with E-state index in [0.717, 1.165) is 44.2 Å². The third kappa shape index (κ3) is 8.14. The molecule has 0 unspecified atom stereocenters. The molecule has 42 heavy (non-hydrogen) atoms. The number of nitrogens with one attached hydrogen (secondary N) is 2. The Labute approximate surface area is 251 Å². The predicted molar refractivity (Wildman–Crippen MR) is 164 cm³/mol. The maximum Gasteiger partial charge on any atom is 0.315 e. The molecule has 0 saturated carbocycles. The first-order valence-electron chi connectivity index (χ1n) is 14.0. The van der Waals surface area contributed by atoms with Gasteiger partial charge in [0.1, 0.15) is 5.75 Å². The van der Waals surface area contributed by atoms with Gasteiger partial charge in [-0.3, -0.25) is 0 Å². The smallest absolute Gasteiger partial charge is 0.315 e. The summed E-state index contributed by atoms with van der Waals surface area (Å²) in [5.41, 5.74) is 4.85. The van der Waals surface area contributed by atoms with Crippen LogP contribution in [0.1, 0.15) is 46.6 Å². The fourth-order valence-electron chi connectivity index (χ4n) is 4.76. The van der Waals surface area contributed by atoms with E-state index in [1.54, 1.807) is 18.9 Å². The lowest BCUT2D eigenvalue weighted by Crippen LogP contribution is -2.34. The lowest BCUT2D eigenvalue weighted by Gasteiger charge is -2.36. The molecule has 1 heterocycles. The molecule has 4 aromatic rings. The van der Waals surface area contributed by atoms with Gasteiger partial charge in [-0.2, -0.15) is 0 Å². The first kappa shape index (κ1) is 29.7.